The van der Waals surface area contributed by atoms with Crippen LogP contribution in [-0.4, -0.2) is 16.6 Å². The van der Waals surface area contributed by atoms with Gasteiger partial charge in [0.15, 0.2) is 5.82 Å². The normalized spacial score (nSPS) is 10.3. The molecule has 0 saturated carbocycles. The molecular formula is C18H18N4O. The van der Waals surface area contributed by atoms with Crippen molar-refractivity contribution in [1.82, 2.24) is 9.97 Å². The molecule has 0 saturated heterocycles. The summed E-state index contributed by atoms with van der Waals surface area (Å²) < 4.78 is 5.45. The Labute approximate surface area is 135 Å². The van der Waals surface area contributed by atoms with E-state index in [1.165, 1.54) is 0 Å². The lowest BCUT2D eigenvalue weighted by Crippen LogP contribution is -2.01. The minimum absolute atomic E-state index is 0.419. The molecule has 0 aliphatic carbocycles. The van der Waals surface area contributed by atoms with Crippen LogP contribution in [0.15, 0.2) is 60.7 Å². The molecular weight excluding hydrogens is 288 g/mol. The number of para-hydroxylation sites is 1. The van der Waals surface area contributed by atoms with E-state index < -0.39 is 0 Å². The lowest BCUT2D eigenvalue weighted by molar-refractivity contribution is 0.340. The number of hydrogen-bond donors (Lipinski definition) is 2. The van der Waals surface area contributed by atoms with Gasteiger partial charge in [-0.15, -0.1) is 0 Å². The lowest BCUT2D eigenvalue weighted by Gasteiger charge is -2.09. The molecule has 0 aliphatic heterocycles. The van der Waals surface area contributed by atoms with Gasteiger partial charge in [-0.05, 0) is 43.3 Å². The molecule has 0 bridgehead atoms. The number of ether oxygens (including phenoxy) is 1. The third kappa shape index (κ3) is 3.77. The lowest BCUT2D eigenvalue weighted by atomic mass is 10.2. The highest BCUT2D eigenvalue weighted by Crippen LogP contribution is 2.23. The summed E-state index contributed by atoms with van der Waals surface area (Å²) in [6.45, 7) is 2.59. The van der Waals surface area contributed by atoms with E-state index in [4.69, 9.17) is 10.5 Å². The van der Waals surface area contributed by atoms with Crippen molar-refractivity contribution in [1.29, 1.82) is 0 Å². The molecule has 116 valence electrons. The number of nitrogens with zero attached hydrogens (tertiary/aromatic N) is 2. The second kappa shape index (κ2) is 6.79. The van der Waals surface area contributed by atoms with Gasteiger partial charge in [-0.1, -0.05) is 18.2 Å². The molecule has 0 unspecified atom stereocenters. The summed E-state index contributed by atoms with van der Waals surface area (Å²) in [5.41, 5.74) is 7.75. The zero-order chi connectivity index (χ0) is 16.1. The molecule has 3 aromatic rings. The Bertz CT molecular complexity index is 773. The third-order valence-electron chi connectivity index (χ3n) is 3.22. The molecule has 23 heavy (non-hydrogen) atoms. The maximum Gasteiger partial charge on any atom is 0.163 e. The standard InChI is InChI=1S/C18H18N4O/c1-2-23-15-10-8-13(9-11-15)18-21-16(19)12-17(22-18)20-14-6-4-3-5-7-14/h3-12H,2H2,1H3,(H3,19,20,21,22). The highest BCUT2D eigenvalue weighted by molar-refractivity contribution is 5.64. The first kappa shape index (κ1) is 14.8. The number of aromatic nitrogens is 2. The van der Waals surface area contributed by atoms with Crippen molar-refractivity contribution in [2.24, 2.45) is 0 Å². The Morgan fingerprint density at radius 2 is 1.74 bits per heavy atom. The van der Waals surface area contributed by atoms with Gasteiger partial charge in [0.25, 0.3) is 0 Å². The highest BCUT2D eigenvalue weighted by atomic mass is 16.5. The Hall–Kier alpha value is -3.08. The van der Waals surface area contributed by atoms with E-state index in [9.17, 15) is 0 Å². The Balaban J connectivity index is 1.88. The Morgan fingerprint density at radius 1 is 1.00 bits per heavy atom. The van der Waals surface area contributed by atoms with Gasteiger partial charge in [0.1, 0.15) is 17.4 Å². The number of anilines is 3. The van der Waals surface area contributed by atoms with E-state index in [0.717, 1.165) is 17.0 Å². The van der Waals surface area contributed by atoms with Gasteiger partial charge in [-0.25, -0.2) is 9.97 Å². The van der Waals surface area contributed by atoms with Crippen molar-refractivity contribution >= 4 is 17.3 Å². The van der Waals surface area contributed by atoms with Crippen molar-refractivity contribution in [2.45, 2.75) is 6.92 Å². The second-order valence-electron chi connectivity index (χ2n) is 4.95. The summed E-state index contributed by atoms with van der Waals surface area (Å²) in [7, 11) is 0. The van der Waals surface area contributed by atoms with Crippen molar-refractivity contribution in [2.75, 3.05) is 17.7 Å². The summed E-state index contributed by atoms with van der Waals surface area (Å²) in [5.74, 6) is 2.48. The first-order chi connectivity index (χ1) is 11.2. The zero-order valence-corrected chi connectivity index (χ0v) is 12.9. The monoisotopic (exact) mass is 306 g/mol. The van der Waals surface area contributed by atoms with Crippen LogP contribution >= 0.6 is 0 Å². The topological polar surface area (TPSA) is 73.1 Å². The largest absolute Gasteiger partial charge is 0.494 e. The summed E-state index contributed by atoms with van der Waals surface area (Å²) in [5, 5.41) is 3.23. The predicted octanol–water partition coefficient (Wildman–Crippen LogP) is 3.87. The van der Waals surface area contributed by atoms with E-state index in [0.29, 0.717) is 24.1 Å². The highest BCUT2D eigenvalue weighted by Gasteiger charge is 2.06. The van der Waals surface area contributed by atoms with E-state index in [1.807, 2.05) is 61.5 Å². The number of rotatable bonds is 5. The maximum absolute atomic E-state index is 5.91. The SMILES string of the molecule is CCOc1ccc(-c2nc(N)cc(Nc3ccccc3)n2)cc1. The molecule has 0 spiro atoms. The molecule has 1 heterocycles. The van der Waals surface area contributed by atoms with Gasteiger partial charge >= 0.3 is 0 Å². The number of hydrogen-bond acceptors (Lipinski definition) is 5. The number of nitrogens with two attached hydrogens (primary N) is 1. The molecule has 5 heteroatoms. The van der Waals surface area contributed by atoms with Crippen molar-refractivity contribution < 1.29 is 4.74 Å². The number of nitrogens with one attached hydrogen (secondary N) is 1. The molecule has 0 atom stereocenters. The van der Waals surface area contributed by atoms with Gasteiger partial charge in [0.05, 0.1) is 6.61 Å². The van der Waals surface area contributed by atoms with E-state index in [1.54, 1.807) is 6.07 Å². The van der Waals surface area contributed by atoms with Crippen LogP contribution in [0.5, 0.6) is 5.75 Å². The van der Waals surface area contributed by atoms with Gasteiger partial charge in [-0.3, -0.25) is 0 Å². The summed E-state index contributed by atoms with van der Waals surface area (Å²) >= 11 is 0. The molecule has 3 rings (SSSR count). The third-order valence-corrected chi connectivity index (χ3v) is 3.22. The minimum Gasteiger partial charge on any atom is -0.494 e. The fraction of sp³-hybridized carbons (Fsp3) is 0.111. The molecule has 0 amide bonds. The summed E-state index contributed by atoms with van der Waals surface area (Å²) in [6.07, 6.45) is 0. The van der Waals surface area contributed by atoms with Gasteiger partial charge in [0.2, 0.25) is 0 Å². The summed E-state index contributed by atoms with van der Waals surface area (Å²) in [6, 6.07) is 19.2. The van der Waals surface area contributed by atoms with Crippen LogP contribution < -0.4 is 15.8 Å². The first-order valence-electron chi connectivity index (χ1n) is 7.44. The second-order valence-corrected chi connectivity index (χ2v) is 4.95. The van der Waals surface area contributed by atoms with Crippen LogP contribution in [0.25, 0.3) is 11.4 Å². The van der Waals surface area contributed by atoms with E-state index in [-0.39, 0.29) is 0 Å². The van der Waals surface area contributed by atoms with Crippen LogP contribution in [0.2, 0.25) is 0 Å². The van der Waals surface area contributed by atoms with E-state index in [2.05, 4.69) is 15.3 Å². The minimum atomic E-state index is 0.419. The molecule has 0 fully saturated rings. The fourth-order valence-corrected chi connectivity index (χ4v) is 2.20. The molecule has 0 aliphatic rings. The predicted molar refractivity (Wildman–Crippen MR) is 92.8 cm³/mol. The Kier molecular flexibility index (Phi) is 4.38. The van der Waals surface area contributed by atoms with Crippen LogP contribution in [0.4, 0.5) is 17.3 Å². The number of benzene rings is 2. The van der Waals surface area contributed by atoms with Gasteiger partial charge in [-0.2, -0.15) is 0 Å². The van der Waals surface area contributed by atoms with Crippen LogP contribution in [-0.2, 0) is 0 Å². The van der Waals surface area contributed by atoms with Crippen molar-refractivity contribution in [3.63, 3.8) is 0 Å². The van der Waals surface area contributed by atoms with Gasteiger partial charge < -0.3 is 15.8 Å². The maximum atomic E-state index is 5.91. The average molecular weight is 306 g/mol. The van der Waals surface area contributed by atoms with Gasteiger partial charge in [0, 0.05) is 17.3 Å². The quantitative estimate of drug-likeness (QED) is 0.748. The smallest absolute Gasteiger partial charge is 0.163 e. The Morgan fingerprint density at radius 3 is 2.43 bits per heavy atom. The summed E-state index contributed by atoms with van der Waals surface area (Å²) in [4.78, 5) is 8.84. The van der Waals surface area contributed by atoms with Crippen molar-refractivity contribution in [3.8, 4) is 17.1 Å². The van der Waals surface area contributed by atoms with Crippen LogP contribution in [0.1, 0.15) is 6.92 Å². The van der Waals surface area contributed by atoms with Crippen molar-refractivity contribution in [3.05, 3.63) is 60.7 Å². The molecule has 1 aromatic heterocycles. The molecule has 0 radical (unpaired) electrons. The average Bonchev–Trinajstić information content (AvgIpc) is 2.56. The van der Waals surface area contributed by atoms with Crippen LogP contribution in [0, 0.1) is 0 Å². The molecule has 2 aromatic carbocycles. The fourth-order valence-electron chi connectivity index (χ4n) is 2.20. The van der Waals surface area contributed by atoms with Crippen LogP contribution in [0.3, 0.4) is 0 Å². The molecule has 3 N–H and O–H groups in total. The molecule has 5 nitrogen and oxygen atoms in total. The zero-order valence-electron chi connectivity index (χ0n) is 12.9. The first-order valence-corrected chi connectivity index (χ1v) is 7.44. The van der Waals surface area contributed by atoms with E-state index >= 15 is 0 Å². The number of nitrogen functional groups attached to an aromatic ring is 1.